The second-order valence-corrected chi connectivity index (χ2v) is 12.6. The van der Waals surface area contributed by atoms with Gasteiger partial charge >= 0.3 is 0 Å². The van der Waals surface area contributed by atoms with Crippen LogP contribution in [0, 0.1) is 0 Å². The van der Waals surface area contributed by atoms with Crippen molar-refractivity contribution in [3.8, 4) is 0 Å². The fourth-order valence-electron chi connectivity index (χ4n) is 6.05. The summed E-state index contributed by atoms with van der Waals surface area (Å²) < 4.78 is 0. The fourth-order valence-corrected chi connectivity index (χ4v) is 6.05. The van der Waals surface area contributed by atoms with Crippen LogP contribution >= 0.6 is 0 Å². The number of rotatable bonds is 28. The van der Waals surface area contributed by atoms with Gasteiger partial charge in [-0.05, 0) is 12.8 Å². The summed E-state index contributed by atoms with van der Waals surface area (Å²) in [5, 5.41) is 0. The van der Waals surface area contributed by atoms with Gasteiger partial charge in [0.1, 0.15) is 0 Å². The highest BCUT2D eigenvalue weighted by Gasteiger charge is 2.17. The fraction of sp³-hybridized carbons (Fsp3) is 0.886. The third-order valence-corrected chi connectivity index (χ3v) is 8.66. The van der Waals surface area contributed by atoms with Gasteiger partial charge in [0.2, 0.25) is 0 Å². The first kappa shape index (κ1) is 33.9. The van der Waals surface area contributed by atoms with E-state index in [1.807, 2.05) is 0 Å². The predicted octanol–water partition coefficient (Wildman–Crippen LogP) is 10.4. The minimum Gasteiger partial charge on any atom is -0.359 e. The van der Waals surface area contributed by atoms with Gasteiger partial charge in [0.15, 0.2) is 0 Å². The van der Waals surface area contributed by atoms with Crippen LogP contribution in [0.3, 0.4) is 0 Å². The molecule has 0 N–H and O–H groups in total. The van der Waals surface area contributed by atoms with Gasteiger partial charge in [0.25, 0.3) is 0 Å². The molecule has 0 atom stereocenters. The van der Waals surface area contributed by atoms with E-state index in [0.717, 1.165) is 20.0 Å². The zero-order valence-corrected chi connectivity index (χ0v) is 26.6. The minimum absolute atomic E-state index is 1.01. The lowest BCUT2D eigenvalue weighted by Gasteiger charge is -2.27. The van der Waals surface area contributed by atoms with Gasteiger partial charge in [-0.15, -0.1) is 0 Å². The third kappa shape index (κ3) is 18.6. The molecule has 0 amide bonds. The van der Waals surface area contributed by atoms with Crippen molar-refractivity contribution in [3.63, 3.8) is 0 Å². The van der Waals surface area contributed by atoms with E-state index in [9.17, 15) is 0 Å². The van der Waals surface area contributed by atoms with Gasteiger partial charge in [0.05, 0.1) is 20.0 Å². The average molecular weight is 545 g/mol. The van der Waals surface area contributed by atoms with Crippen LogP contribution < -0.4 is 0 Å². The first-order valence-electron chi connectivity index (χ1n) is 17.6. The van der Waals surface area contributed by atoms with Crippen LogP contribution in [0.25, 0.3) is 0 Å². The molecule has 0 saturated carbocycles. The normalized spacial score (nSPS) is 15.0. The van der Waals surface area contributed by atoms with E-state index < -0.39 is 0 Å². The molecule has 0 spiro atoms. The number of hydrogen-bond donors (Lipinski definition) is 0. The quantitative estimate of drug-likeness (QED) is 0.0908. The summed E-state index contributed by atoms with van der Waals surface area (Å²) in [6.07, 6.45) is 43.4. The monoisotopic (exact) mass is 545 g/mol. The Morgan fingerprint density at radius 3 is 0.897 bits per heavy atom. The van der Waals surface area contributed by atoms with E-state index in [2.05, 4.69) is 58.2 Å². The van der Waals surface area contributed by atoms with Crippen molar-refractivity contribution in [2.24, 2.45) is 0 Å². The Bertz CT molecular complexity index is 539. The highest BCUT2D eigenvalue weighted by Crippen LogP contribution is 2.16. The summed E-state index contributed by atoms with van der Waals surface area (Å²) in [5.74, 6) is 0. The second-order valence-electron chi connectivity index (χ2n) is 12.6. The van der Waals surface area contributed by atoms with Crippen molar-refractivity contribution in [1.29, 1.82) is 0 Å². The lowest BCUT2D eigenvalue weighted by atomic mass is 10.1. The second kappa shape index (κ2) is 24.5. The van der Waals surface area contributed by atoms with Gasteiger partial charge in [-0.2, -0.15) is 0 Å². The van der Waals surface area contributed by atoms with E-state index in [0.29, 0.717) is 0 Å². The summed E-state index contributed by atoms with van der Waals surface area (Å²) in [6.45, 7) is 10.2. The molecule has 4 nitrogen and oxygen atoms in total. The molecule has 0 unspecified atom stereocenters. The van der Waals surface area contributed by atoms with Gasteiger partial charge in [-0.1, -0.05) is 155 Å². The molecule has 2 aliphatic rings. The molecule has 0 fully saturated rings. The molecule has 0 aromatic heterocycles. The summed E-state index contributed by atoms with van der Waals surface area (Å²) >= 11 is 0. The molecule has 0 aliphatic carbocycles. The van der Waals surface area contributed by atoms with Gasteiger partial charge in [-0.3, -0.25) is 0 Å². The van der Waals surface area contributed by atoms with E-state index in [4.69, 9.17) is 0 Å². The van der Waals surface area contributed by atoms with Gasteiger partial charge in [0, 0.05) is 37.9 Å². The first-order chi connectivity index (χ1) is 19.3. The largest absolute Gasteiger partial charge is 0.359 e. The van der Waals surface area contributed by atoms with Crippen molar-refractivity contribution in [1.82, 2.24) is 19.6 Å². The molecule has 39 heavy (non-hydrogen) atoms. The van der Waals surface area contributed by atoms with Crippen molar-refractivity contribution < 1.29 is 0 Å². The molecule has 2 rings (SSSR count). The van der Waals surface area contributed by atoms with Crippen LogP contribution in [0.4, 0.5) is 0 Å². The lowest BCUT2D eigenvalue weighted by Crippen LogP contribution is -2.36. The zero-order chi connectivity index (χ0) is 27.6. The Balaban J connectivity index is 1.34. The van der Waals surface area contributed by atoms with E-state index in [1.54, 1.807) is 0 Å². The molecule has 228 valence electrons. The smallest absolute Gasteiger partial charge is 0.0927 e. The highest BCUT2D eigenvalue weighted by molar-refractivity contribution is 4.94. The maximum Gasteiger partial charge on any atom is 0.0927 e. The third-order valence-electron chi connectivity index (χ3n) is 8.66. The Morgan fingerprint density at radius 2 is 0.590 bits per heavy atom. The molecule has 0 aromatic carbocycles. The molecule has 4 heteroatoms. The minimum atomic E-state index is 1.01. The van der Waals surface area contributed by atoms with Gasteiger partial charge in [-0.25, -0.2) is 0 Å². The topological polar surface area (TPSA) is 13.0 Å². The summed E-state index contributed by atoms with van der Waals surface area (Å²) in [7, 11) is 0. The Kier molecular flexibility index (Phi) is 21.3. The molecule has 2 aliphatic heterocycles. The van der Waals surface area contributed by atoms with Crippen LogP contribution in [0.1, 0.15) is 168 Å². The molecule has 0 saturated heterocycles. The summed E-state index contributed by atoms with van der Waals surface area (Å²) in [6, 6.07) is 0. The van der Waals surface area contributed by atoms with Crippen LogP contribution in [0.5, 0.6) is 0 Å². The number of unbranched alkanes of at least 4 members (excludes halogenated alkanes) is 22. The van der Waals surface area contributed by atoms with Crippen LogP contribution in [-0.4, -0.2) is 52.7 Å². The Morgan fingerprint density at radius 1 is 0.333 bits per heavy atom. The maximum atomic E-state index is 2.50. The van der Waals surface area contributed by atoms with Crippen molar-refractivity contribution in [2.75, 3.05) is 33.1 Å². The van der Waals surface area contributed by atoms with Crippen LogP contribution in [0.15, 0.2) is 24.8 Å². The Hall–Kier alpha value is -1.32. The molecule has 0 bridgehead atoms. The SMILES string of the molecule is CCCCCCCCCCCCCCN1C=CN(CN2C=CN(CCCCCCCCCCCCCC)C2)C1. The number of hydrogen-bond acceptors (Lipinski definition) is 4. The molecular weight excluding hydrogens is 476 g/mol. The average Bonchev–Trinajstić information content (AvgIpc) is 3.59. The molecule has 0 radical (unpaired) electrons. The van der Waals surface area contributed by atoms with Crippen molar-refractivity contribution in [2.45, 2.75) is 168 Å². The van der Waals surface area contributed by atoms with Crippen LogP contribution in [0.2, 0.25) is 0 Å². The lowest BCUT2D eigenvalue weighted by molar-refractivity contribution is 0.161. The van der Waals surface area contributed by atoms with Crippen molar-refractivity contribution >= 4 is 0 Å². The summed E-state index contributed by atoms with van der Waals surface area (Å²) in [5.41, 5.74) is 0. The maximum absolute atomic E-state index is 2.50. The molecular formula is C35H68N4. The van der Waals surface area contributed by atoms with E-state index in [1.165, 1.54) is 167 Å². The molecule has 2 heterocycles. The summed E-state index contributed by atoms with van der Waals surface area (Å²) in [4.78, 5) is 9.91. The molecule has 0 aromatic rings. The van der Waals surface area contributed by atoms with Gasteiger partial charge < -0.3 is 19.6 Å². The van der Waals surface area contributed by atoms with E-state index >= 15 is 0 Å². The standard InChI is InChI=1S/C35H68N4/c1-3-5-7-9-11-13-15-17-19-21-23-25-27-36-29-31-38(33-36)35-39-32-30-37(34-39)28-26-24-22-20-18-16-14-12-10-8-6-4-2/h29-32H,3-28,33-35H2,1-2H3. The number of nitrogens with zero attached hydrogens (tertiary/aromatic N) is 4. The predicted molar refractivity (Wildman–Crippen MR) is 172 cm³/mol. The zero-order valence-electron chi connectivity index (χ0n) is 26.6. The highest BCUT2D eigenvalue weighted by atomic mass is 15.4. The Labute approximate surface area is 245 Å². The van der Waals surface area contributed by atoms with Crippen molar-refractivity contribution in [3.05, 3.63) is 24.8 Å². The van der Waals surface area contributed by atoms with Crippen LogP contribution in [-0.2, 0) is 0 Å². The first-order valence-corrected chi connectivity index (χ1v) is 17.6. The van der Waals surface area contributed by atoms with E-state index in [-0.39, 0.29) is 0 Å².